The van der Waals surface area contributed by atoms with E-state index in [1.54, 1.807) is 41.3 Å². The standard InChI is InChI=1S/C22H20ClN3O3/c1-14-13-25(21(28)15-5-3-2-4-6-15)9-10-26(14)22(29)20(27)19-12-16-11-17(23)7-8-18(16)24-19/h2-8,11-12,14,24H,9-10,13H2,1H3. The molecule has 1 saturated heterocycles. The smallest absolute Gasteiger partial charge is 0.296 e. The van der Waals surface area contributed by atoms with Crippen molar-refractivity contribution in [1.82, 2.24) is 14.8 Å². The number of rotatable bonds is 3. The summed E-state index contributed by atoms with van der Waals surface area (Å²) in [5.74, 6) is -1.22. The number of carbonyl (C=O) groups excluding carboxylic acids is 3. The van der Waals surface area contributed by atoms with Crippen LogP contribution in [-0.4, -0.2) is 58.1 Å². The molecule has 6 nitrogen and oxygen atoms in total. The molecule has 29 heavy (non-hydrogen) atoms. The number of nitrogens with zero attached hydrogens (tertiary/aromatic N) is 2. The zero-order chi connectivity index (χ0) is 20.5. The van der Waals surface area contributed by atoms with Crippen LogP contribution in [0.3, 0.4) is 0 Å². The SMILES string of the molecule is CC1CN(C(=O)c2ccccc2)CCN1C(=O)C(=O)c1cc2cc(Cl)ccc2[nH]1. The van der Waals surface area contributed by atoms with Gasteiger partial charge in [-0.2, -0.15) is 0 Å². The molecule has 0 spiro atoms. The molecule has 1 aliphatic heterocycles. The number of hydrogen-bond acceptors (Lipinski definition) is 3. The maximum Gasteiger partial charge on any atom is 0.296 e. The third-order valence-corrected chi connectivity index (χ3v) is 5.45. The van der Waals surface area contributed by atoms with Gasteiger partial charge in [-0.15, -0.1) is 0 Å². The van der Waals surface area contributed by atoms with Crippen molar-refractivity contribution in [2.75, 3.05) is 19.6 Å². The number of hydrogen-bond donors (Lipinski definition) is 1. The van der Waals surface area contributed by atoms with E-state index >= 15 is 0 Å². The minimum absolute atomic E-state index is 0.0663. The zero-order valence-corrected chi connectivity index (χ0v) is 16.6. The molecule has 0 radical (unpaired) electrons. The molecule has 0 aliphatic carbocycles. The van der Waals surface area contributed by atoms with Gasteiger partial charge in [0.05, 0.1) is 5.69 Å². The molecule has 7 heteroatoms. The predicted octanol–water partition coefficient (Wildman–Crippen LogP) is 3.38. The molecule has 1 aromatic heterocycles. The summed E-state index contributed by atoms with van der Waals surface area (Å²) in [5, 5.41) is 1.34. The summed E-state index contributed by atoms with van der Waals surface area (Å²) < 4.78 is 0. The number of carbonyl (C=O) groups is 3. The van der Waals surface area contributed by atoms with Gasteiger partial charge in [0.25, 0.3) is 17.6 Å². The lowest BCUT2D eigenvalue weighted by Gasteiger charge is -2.39. The first-order valence-corrected chi connectivity index (χ1v) is 9.80. The van der Waals surface area contributed by atoms with E-state index < -0.39 is 11.7 Å². The van der Waals surface area contributed by atoms with Crippen molar-refractivity contribution in [3.8, 4) is 0 Å². The third kappa shape index (κ3) is 3.76. The van der Waals surface area contributed by atoms with Crippen molar-refractivity contribution in [1.29, 1.82) is 0 Å². The number of halogens is 1. The Hall–Kier alpha value is -3.12. The highest BCUT2D eigenvalue weighted by Crippen LogP contribution is 2.21. The molecule has 4 rings (SSSR count). The first-order chi connectivity index (χ1) is 13.9. The van der Waals surface area contributed by atoms with E-state index in [0.717, 1.165) is 10.9 Å². The fourth-order valence-electron chi connectivity index (χ4n) is 3.68. The normalized spacial score (nSPS) is 16.8. The Morgan fingerprint density at radius 2 is 1.79 bits per heavy atom. The lowest BCUT2D eigenvalue weighted by molar-refractivity contribution is -0.130. The summed E-state index contributed by atoms with van der Waals surface area (Å²) >= 11 is 5.99. The second kappa shape index (κ2) is 7.72. The van der Waals surface area contributed by atoms with Crippen LogP contribution in [0.2, 0.25) is 5.02 Å². The average molecular weight is 410 g/mol. The van der Waals surface area contributed by atoms with Gasteiger partial charge in [-0.05, 0) is 43.3 Å². The lowest BCUT2D eigenvalue weighted by Crippen LogP contribution is -2.56. The first-order valence-electron chi connectivity index (χ1n) is 9.42. The Labute approximate surface area is 173 Å². The number of amides is 2. The highest BCUT2D eigenvalue weighted by molar-refractivity contribution is 6.42. The number of ketones is 1. The molecular weight excluding hydrogens is 390 g/mol. The van der Waals surface area contributed by atoms with Gasteiger partial charge in [0, 0.05) is 47.2 Å². The maximum atomic E-state index is 12.8. The minimum Gasteiger partial charge on any atom is -0.352 e. The Morgan fingerprint density at radius 1 is 1.03 bits per heavy atom. The van der Waals surface area contributed by atoms with Crippen LogP contribution in [0.25, 0.3) is 10.9 Å². The largest absolute Gasteiger partial charge is 0.352 e. The highest BCUT2D eigenvalue weighted by atomic mass is 35.5. The zero-order valence-electron chi connectivity index (χ0n) is 15.9. The van der Waals surface area contributed by atoms with Crippen molar-refractivity contribution < 1.29 is 14.4 Å². The fourth-order valence-corrected chi connectivity index (χ4v) is 3.86. The molecule has 1 unspecified atom stereocenters. The number of aromatic amines is 1. The first kappa shape index (κ1) is 19.2. The average Bonchev–Trinajstić information content (AvgIpc) is 3.16. The van der Waals surface area contributed by atoms with Crippen LogP contribution in [0.5, 0.6) is 0 Å². The number of nitrogens with one attached hydrogen (secondary N) is 1. The molecule has 2 aromatic carbocycles. The summed E-state index contributed by atoms with van der Waals surface area (Å²) in [6, 6.07) is 15.7. The van der Waals surface area contributed by atoms with Crippen LogP contribution in [0.15, 0.2) is 54.6 Å². The molecule has 148 valence electrons. The number of Topliss-reactive ketones (excluding diaryl/α,β-unsaturated/α-hetero) is 1. The second-order valence-electron chi connectivity index (χ2n) is 7.21. The van der Waals surface area contributed by atoms with Crippen LogP contribution in [0.1, 0.15) is 27.8 Å². The van der Waals surface area contributed by atoms with E-state index in [1.165, 1.54) is 4.90 Å². The van der Waals surface area contributed by atoms with Crippen LogP contribution in [-0.2, 0) is 4.79 Å². The van der Waals surface area contributed by atoms with E-state index in [2.05, 4.69) is 4.98 Å². The topological polar surface area (TPSA) is 73.5 Å². The molecule has 1 N–H and O–H groups in total. The quantitative estimate of drug-likeness (QED) is 0.532. The number of benzene rings is 2. The lowest BCUT2D eigenvalue weighted by atomic mass is 10.1. The molecule has 1 aliphatic rings. The molecule has 2 heterocycles. The molecular formula is C22H20ClN3O3. The van der Waals surface area contributed by atoms with Crippen LogP contribution in [0, 0.1) is 0 Å². The number of fused-ring (bicyclic) bond motifs is 1. The van der Waals surface area contributed by atoms with E-state index in [1.807, 2.05) is 25.1 Å². The minimum atomic E-state index is -0.591. The third-order valence-electron chi connectivity index (χ3n) is 5.22. The Bertz CT molecular complexity index is 1090. The Morgan fingerprint density at radius 3 is 2.52 bits per heavy atom. The summed E-state index contributed by atoms with van der Waals surface area (Å²) in [6.07, 6.45) is 0. The molecule has 2 amide bonds. The number of aromatic nitrogens is 1. The van der Waals surface area contributed by atoms with E-state index in [4.69, 9.17) is 11.6 Å². The van der Waals surface area contributed by atoms with Gasteiger partial charge >= 0.3 is 0 Å². The monoisotopic (exact) mass is 409 g/mol. The van der Waals surface area contributed by atoms with Crippen molar-refractivity contribution in [2.24, 2.45) is 0 Å². The van der Waals surface area contributed by atoms with Crippen LogP contribution < -0.4 is 0 Å². The highest BCUT2D eigenvalue weighted by Gasteiger charge is 2.33. The maximum absolute atomic E-state index is 12.8. The summed E-state index contributed by atoms with van der Waals surface area (Å²) in [7, 11) is 0. The predicted molar refractivity (Wildman–Crippen MR) is 111 cm³/mol. The fraction of sp³-hybridized carbons (Fsp3) is 0.227. The van der Waals surface area contributed by atoms with Crippen molar-refractivity contribution in [2.45, 2.75) is 13.0 Å². The number of H-pyrrole nitrogens is 1. The van der Waals surface area contributed by atoms with Crippen LogP contribution in [0.4, 0.5) is 0 Å². The van der Waals surface area contributed by atoms with Crippen molar-refractivity contribution in [3.63, 3.8) is 0 Å². The van der Waals surface area contributed by atoms with Gasteiger partial charge in [0.1, 0.15) is 0 Å². The van der Waals surface area contributed by atoms with Gasteiger partial charge in [0.2, 0.25) is 0 Å². The van der Waals surface area contributed by atoms with Gasteiger partial charge < -0.3 is 14.8 Å². The summed E-state index contributed by atoms with van der Waals surface area (Å²) in [4.78, 5) is 44.5. The molecule has 1 atom stereocenters. The van der Waals surface area contributed by atoms with E-state index in [-0.39, 0.29) is 17.6 Å². The van der Waals surface area contributed by atoms with Crippen molar-refractivity contribution >= 4 is 40.1 Å². The summed E-state index contributed by atoms with van der Waals surface area (Å²) in [6.45, 7) is 2.94. The van der Waals surface area contributed by atoms with Gasteiger partial charge in [-0.25, -0.2) is 0 Å². The Balaban J connectivity index is 1.46. The molecule has 3 aromatic rings. The molecule has 0 saturated carbocycles. The summed E-state index contributed by atoms with van der Waals surface area (Å²) in [5.41, 5.74) is 1.60. The molecule has 1 fully saturated rings. The van der Waals surface area contributed by atoms with Gasteiger partial charge in [0.15, 0.2) is 0 Å². The Kier molecular flexibility index (Phi) is 5.11. The molecule has 0 bridgehead atoms. The van der Waals surface area contributed by atoms with E-state index in [9.17, 15) is 14.4 Å². The van der Waals surface area contributed by atoms with E-state index in [0.29, 0.717) is 30.2 Å². The van der Waals surface area contributed by atoms with Gasteiger partial charge in [-0.1, -0.05) is 29.8 Å². The van der Waals surface area contributed by atoms with Gasteiger partial charge in [-0.3, -0.25) is 14.4 Å². The second-order valence-corrected chi connectivity index (χ2v) is 7.64. The van der Waals surface area contributed by atoms with Crippen molar-refractivity contribution in [3.05, 3.63) is 70.9 Å². The number of piperazine rings is 1. The van der Waals surface area contributed by atoms with Crippen LogP contribution >= 0.6 is 11.6 Å².